The minimum atomic E-state index is -0.872. The molecule has 1 aromatic carbocycles. The number of hydrogen-bond donors (Lipinski definition) is 3. The summed E-state index contributed by atoms with van der Waals surface area (Å²) in [6.45, 7) is 4.21. The fourth-order valence-electron chi connectivity index (χ4n) is 2.90. The van der Waals surface area contributed by atoms with Crippen LogP contribution in [0.5, 0.6) is 0 Å². The molecular weight excluding hydrogens is 266 g/mol. The molecule has 2 rings (SSSR count). The Morgan fingerprint density at radius 3 is 2.62 bits per heavy atom. The SMILES string of the molecule is CC(C)c1cccc(NC(=O)C2(C(N)=NO)CCCC2)c1. The highest BCUT2D eigenvalue weighted by atomic mass is 16.4. The average molecular weight is 289 g/mol. The second-order valence-corrected chi connectivity index (χ2v) is 6.01. The van der Waals surface area contributed by atoms with E-state index in [0.717, 1.165) is 24.1 Å². The van der Waals surface area contributed by atoms with Gasteiger partial charge in [0, 0.05) is 5.69 Å². The lowest BCUT2D eigenvalue weighted by atomic mass is 9.83. The van der Waals surface area contributed by atoms with Gasteiger partial charge in [0.2, 0.25) is 5.91 Å². The van der Waals surface area contributed by atoms with Crippen LogP contribution in [-0.4, -0.2) is 17.0 Å². The number of benzene rings is 1. The van der Waals surface area contributed by atoms with Gasteiger partial charge in [-0.3, -0.25) is 4.79 Å². The third-order valence-electron chi connectivity index (χ3n) is 4.30. The third-order valence-corrected chi connectivity index (χ3v) is 4.30. The van der Waals surface area contributed by atoms with Crippen LogP contribution in [0.4, 0.5) is 5.69 Å². The van der Waals surface area contributed by atoms with Crippen molar-refractivity contribution < 1.29 is 10.0 Å². The lowest BCUT2D eigenvalue weighted by Gasteiger charge is -2.26. The van der Waals surface area contributed by atoms with Gasteiger partial charge in [-0.15, -0.1) is 0 Å². The van der Waals surface area contributed by atoms with Crippen LogP contribution in [-0.2, 0) is 4.79 Å². The highest BCUT2D eigenvalue weighted by molar-refractivity contribution is 6.12. The number of amidine groups is 1. The molecular formula is C16H23N3O2. The van der Waals surface area contributed by atoms with Crippen molar-refractivity contribution in [3.8, 4) is 0 Å². The highest BCUT2D eigenvalue weighted by Gasteiger charge is 2.45. The molecule has 0 bridgehead atoms. The van der Waals surface area contributed by atoms with E-state index in [9.17, 15) is 4.79 Å². The third kappa shape index (κ3) is 3.01. The molecule has 0 spiro atoms. The second kappa shape index (κ2) is 6.16. The van der Waals surface area contributed by atoms with E-state index in [1.807, 2.05) is 24.3 Å². The zero-order valence-electron chi connectivity index (χ0n) is 12.6. The molecule has 21 heavy (non-hydrogen) atoms. The van der Waals surface area contributed by atoms with E-state index in [1.54, 1.807) is 0 Å². The minimum absolute atomic E-state index is 0.0116. The maximum Gasteiger partial charge on any atom is 0.238 e. The monoisotopic (exact) mass is 289 g/mol. The fraction of sp³-hybridized carbons (Fsp3) is 0.500. The summed E-state index contributed by atoms with van der Waals surface area (Å²) in [5, 5.41) is 15.0. The molecule has 0 radical (unpaired) electrons. The second-order valence-electron chi connectivity index (χ2n) is 6.01. The normalized spacial score (nSPS) is 18.0. The number of nitrogens with one attached hydrogen (secondary N) is 1. The topological polar surface area (TPSA) is 87.7 Å². The number of amides is 1. The first-order valence-electron chi connectivity index (χ1n) is 7.39. The summed E-state index contributed by atoms with van der Waals surface area (Å²) >= 11 is 0. The summed E-state index contributed by atoms with van der Waals surface area (Å²) in [6, 6.07) is 7.79. The molecule has 4 N–H and O–H groups in total. The van der Waals surface area contributed by atoms with Gasteiger partial charge in [-0.25, -0.2) is 0 Å². The number of carbonyl (C=O) groups excluding carboxylic acids is 1. The zero-order chi connectivity index (χ0) is 15.5. The molecule has 0 aromatic heterocycles. The van der Waals surface area contributed by atoms with Crippen LogP contribution in [0, 0.1) is 5.41 Å². The van der Waals surface area contributed by atoms with E-state index in [4.69, 9.17) is 10.9 Å². The molecule has 1 aliphatic carbocycles. The molecule has 0 saturated heterocycles. The predicted molar refractivity (Wildman–Crippen MR) is 83.5 cm³/mol. The van der Waals surface area contributed by atoms with Crippen LogP contribution in [0.2, 0.25) is 0 Å². The van der Waals surface area contributed by atoms with Crippen molar-refractivity contribution in [1.82, 2.24) is 0 Å². The molecule has 1 aliphatic rings. The Hall–Kier alpha value is -2.04. The molecule has 1 amide bonds. The van der Waals surface area contributed by atoms with Gasteiger partial charge in [-0.05, 0) is 36.5 Å². The fourth-order valence-corrected chi connectivity index (χ4v) is 2.90. The Morgan fingerprint density at radius 2 is 2.05 bits per heavy atom. The van der Waals surface area contributed by atoms with E-state index in [2.05, 4.69) is 24.3 Å². The average Bonchev–Trinajstić information content (AvgIpc) is 2.97. The van der Waals surface area contributed by atoms with Gasteiger partial charge in [0.25, 0.3) is 0 Å². The molecule has 1 saturated carbocycles. The van der Waals surface area contributed by atoms with Gasteiger partial charge in [-0.2, -0.15) is 0 Å². The van der Waals surface area contributed by atoms with Gasteiger partial charge in [0.15, 0.2) is 5.84 Å². The van der Waals surface area contributed by atoms with E-state index in [-0.39, 0.29) is 11.7 Å². The standard InChI is InChI=1S/C16H23N3O2/c1-11(2)12-6-5-7-13(10-12)18-15(20)16(14(17)19-21)8-3-4-9-16/h5-7,10-11,21H,3-4,8-9H2,1-2H3,(H2,17,19)(H,18,20). The van der Waals surface area contributed by atoms with Crippen molar-refractivity contribution in [3.63, 3.8) is 0 Å². The van der Waals surface area contributed by atoms with E-state index in [1.165, 1.54) is 0 Å². The number of carbonyl (C=O) groups is 1. The first kappa shape index (κ1) is 15.4. The van der Waals surface area contributed by atoms with Crippen molar-refractivity contribution in [1.29, 1.82) is 0 Å². The van der Waals surface area contributed by atoms with Gasteiger partial charge in [-0.1, -0.05) is 44.0 Å². The Labute approximate surface area is 125 Å². The van der Waals surface area contributed by atoms with Crippen molar-refractivity contribution in [2.24, 2.45) is 16.3 Å². The molecule has 1 fully saturated rings. The first-order chi connectivity index (χ1) is 9.99. The van der Waals surface area contributed by atoms with E-state index >= 15 is 0 Å². The number of anilines is 1. The highest BCUT2D eigenvalue weighted by Crippen LogP contribution is 2.39. The Balaban J connectivity index is 2.22. The molecule has 5 nitrogen and oxygen atoms in total. The van der Waals surface area contributed by atoms with E-state index < -0.39 is 5.41 Å². The number of nitrogens with zero attached hydrogens (tertiary/aromatic N) is 1. The summed E-state index contributed by atoms with van der Waals surface area (Å²) < 4.78 is 0. The van der Waals surface area contributed by atoms with E-state index in [0.29, 0.717) is 18.8 Å². The molecule has 0 heterocycles. The molecule has 5 heteroatoms. The van der Waals surface area contributed by atoms with Crippen LogP contribution in [0.1, 0.15) is 51.0 Å². The summed E-state index contributed by atoms with van der Waals surface area (Å²) in [6.07, 6.45) is 3.07. The molecule has 0 unspecified atom stereocenters. The van der Waals surface area contributed by atoms with Crippen LogP contribution in [0.25, 0.3) is 0 Å². The van der Waals surface area contributed by atoms with Crippen molar-refractivity contribution in [3.05, 3.63) is 29.8 Å². The van der Waals surface area contributed by atoms with Gasteiger partial charge >= 0.3 is 0 Å². The summed E-state index contributed by atoms with van der Waals surface area (Å²) in [4.78, 5) is 12.6. The van der Waals surface area contributed by atoms with Crippen LogP contribution < -0.4 is 11.1 Å². The summed E-state index contributed by atoms with van der Waals surface area (Å²) in [7, 11) is 0. The van der Waals surface area contributed by atoms with Gasteiger partial charge < -0.3 is 16.3 Å². The lowest BCUT2D eigenvalue weighted by molar-refractivity contribution is -0.122. The van der Waals surface area contributed by atoms with Crippen LogP contribution in [0.3, 0.4) is 0 Å². The molecule has 0 atom stereocenters. The lowest BCUT2D eigenvalue weighted by Crippen LogP contribution is -2.45. The molecule has 0 aliphatic heterocycles. The minimum Gasteiger partial charge on any atom is -0.409 e. The van der Waals surface area contributed by atoms with Crippen LogP contribution in [0.15, 0.2) is 29.4 Å². The van der Waals surface area contributed by atoms with Crippen LogP contribution >= 0.6 is 0 Å². The van der Waals surface area contributed by atoms with Crippen molar-refractivity contribution >= 4 is 17.4 Å². The maximum absolute atomic E-state index is 12.6. The van der Waals surface area contributed by atoms with Crippen molar-refractivity contribution in [2.75, 3.05) is 5.32 Å². The molecule has 114 valence electrons. The zero-order valence-corrected chi connectivity index (χ0v) is 12.6. The van der Waals surface area contributed by atoms with Crippen molar-refractivity contribution in [2.45, 2.75) is 45.4 Å². The smallest absolute Gasteiger partial charge is 0.238 e. The maximum atomic E-state index is 12.6. The number of nitrogens with two attached hydrogens (primary N) is 1. The Kier molecular flexibility index (Phi) is 4.50. The Bertz CT molecular complexity index is 546. The number of rotatable bonds is 4. The quantitative estimate of drug-likeness (QED) is 0.344. The molecule has 1 aromatic rings. The largest absolute Gasteiger partial charge is 0.409 e. The van der Waals surface area contributed by atoms with Gasteiger partial charge in [0.05, 0.1) is 0 Å². The Morgan fingerprint density at radius 1 is 1.38 bits per heavy atom. The summed E-state index contributed by atoms with van der Waals surface area (Å²) in [5.74, 6) is 0.222. The number of oxime groups is 1. The first-order valence-corrected chi connectivity index (χ1v) is 7.39. The predicted octanol–water partition coefficient (Wildman–Crippen LogP) is 3.06. The summed E-state index contributed by atoms with van der Waals surface area (Å²) in [5.41, 5.74) is 6.83. The van der Waals surface area contributed by atoms with Gasteiger partial charge in [0.1, 0.15) is 5.41 Å². The number of hydrogen-bond acceptors (Lipinski definition) is 3.